The summed E-state index contributed by atoms with van der Waals surface area (Å²) in [7, 11) is 1.54. The quantitative estimate of drug-likeness (QED) is 0.375. The average molecular weight is 368 g/mol. The van der Waals surface area contributed by atoms with Gasteiger partial charge in [0.1, 0.15) is 11.5 Å². The number of nitrogens with one attached hydrogen (secondary N) is 1. The highest BCUT2D eigenvalue weighted by atomic mass is 16.5. The first-order valence-electron chi connectivity index (χ1n) is 9.35. The van der Waals surface area contributed by atoms with Crippen molar-refractivity contribution in [3.63, 3.8) is 0 Å². The van der Waals surface area contributed by atoms with Crippen LogP contribution in [-0.4, -0.2) is 25.8 Å². The van der Waals surface area contributed by atoms with Gasteiger partial charge in [0.05, 0.1) is 25.5 Å². The van der Waals surface area contributed by atoms with Gasteiger partial charge in [0.15, 0.2) is 0 Å². The maximum atomic E-state index is 12.3. The number of unbranched alkanes of at least 4 members (excludes halogenated alkanes) is 3. The molecular formula is C22H28N2O3. The van der Waals surface area contributed by atoms with Crippen LogP contribution in [0.1, 0.15) is 54.1 Å². The van der Waals surface area contributed by atoms with Crippen LogP contribution in [0, 0.1) is 6.92 Å². The van der Waals surface area contributed by atoms with Gasteiger partial charge < -0.3 is 9.47 Å². The lowest BCUT2D eigenvalue weighted by Crippen LogP contribution is -2.18. The third-order valence-electron chi connectivity index (χ3n) is 4.15. The zero-order valence-corrected chi connectivity index (χ0v) is 16.3. The van der Waals surface area contributed by atoms with Crippen LogP contribution in [0.3, 0.4) is 0 Å². The Bertz CT molecular complexity index is 772. The molecule has 0 aliphatic heterocycles. The van der Waals surface area contributed by atoms with Crippen molar-refractivity contribution in [2.75, 3.05) is 13.7 Å². The van der Waals surface area contributed by atoms with E-state index in [0.29, 0.717) is 17.9 Å². The standard InChI is InChI=1S/C22H28N2O3/c1-4-5-6-9-14-27-20-11-8-7-10-18(20)16-23-24-22(25)19-13-12-17(2)15-21(19)26-3/h7-8,10-13,15-16H,4-6,9,14H2,1-3H3,(H,24,25)/b23-16-. The van der Waals surface area contributed by atoms with Crippen molar-refractivity contribution in [3.05, 3.63) is 59.2 Å². The van der Waals surface area contributed by atoms with Gasteiger partial charge in [-0.15, -0.1) is 0 Å². The average Bonchev–Trinajstić information content (AvgIpc) is 2.68. The van der Waals surface area contributed by atoms with Crippen molar-refractivity contribution in [1.29, 1.82) is 0 Å². The molecule has 0 unspecified atom stereocenters. The van der Waals surface area contributed by atoms with Crippen LogP contribution in [0.25, 0.3) is 0 Å². The van der Waals surface area contributed by atoms with E-state index in [-0.39, 0.29) is 5.91 Å². The van der Waals surface area contributed by atoms with Gasteiger partial charge in [-0.2, -0.15) is 5.10 Å². The van der Waals surface area contributed by atoms with E-state index in [2.05, 4.69) is 17.5 Å². The molecule has 0 bridgehead atoms. The van der Waals surface area contributed by atoms with Crippen LogP contribution in [0.5, 0.6) is 11.5 Å². The van der Waals surface area contributed by atoms with Crippen LogP contribution in [0.2, 0.25) is 0 Å². The molecule has 27 heavy (non-hydrogen) atoms. The number of rotatable bonds is 10. The molecule has 0 radical (unpaired) electrons. The fraction of sp³-hybridized carbons (Fsp3) is 0.364. The zero-order chi connectivity index (χ0) is 19.5. The van der Waals surface area contributed by atoms with E-state index in [9.17, 15) is 4.79 Å². The molecule has 2 rings (SSSR count). The van der Waals surface area contributed by atoms with E-state index in [1.807, 2.05) is 43.3 Å². The fourth-order valence-corrected chi connectivity index (χ4v) is 2.64. The number of carbonyl (C=O) groups excluding carboxylic acids is 1. The Labute approximate surface area is 161 Å². The Hall–Kier alpha value is -2.82. The summed E-state index contributed by atoms with van der Waals surface area (Å²) in [6.07, 6.45) is 6.22. The van der Waals surface area contributed by atoms with E-state index in [1.54, 1.807) is 19.4 Å². The summed E-state index contributed by atoms with van der Waals surface area (Å²) in [5, 5.41) is 4.07. The molecule has 0 aliphatic rings. The third kappa shape index (κ3) is 6.44. The summed E-state index contributed by atoms with van der Waals surface area (Å²) < 4.78 is 11.1. The van der Waals surface area contributed by atoms with E-state index < -0.39 is 0 Å². The molecule has 0 saturated heterocycles. The molecule has 1 amide bonds. The number of aryl methyl sites for hydroxylation is 1. The summed E-state index contributed by atoms with van der Waals surface area (Å²) in [6.45, 7) is 4.81. The van der Waals surface area contributed by atoms with Crippen molar-refractivity contribution in [1.82, 2.24) is 5.43 Å². The number of carbonyl (C=O) groups is 1. The number of hydrogen-bond acceptors (Lipinski definition) is 4. The number of nitrogens with zero attached hydrogens (tertiary/aromatic N) is 1. The molecule has 0 saturated carbocycles. The van der Waals surface area contributed by atoms with Gasteiger partial charge in [-0.05, 0) is 43.2 Å². The Morgan fingerprint density at radius 2 is 1.93 bits per heavy atom. The second kappa shape index (κ2) is 11.0. The van der Waals surface area contributed by atoms with Crippen LogP contribution in [0.4, 0.5) is 0 Å². The summed E-state index contributed by atoms with van der Waals surface area (Å²) >= 11 is 0. The molecule has 144 valence electrons. The summed E-state index contributed by atoms with van der Waals surface area (Å²) in [6, 6.07) is 13.1. The zero-order valence-electron chi connectivity index (χ0n) is 16.3. The SMILES string of the molecule is CCCCCCOc1ccccc1/C=N\NC(=O)c1ccc(C)cc1OC. The molecule has 0 aliphatic carbocycles. The third-order valence-corrected chi connectivity index (χ3v) is 4.15. The number of benzene rings is 2. The molecule has 5 heteroatoms. The number of hydrazone groups is 1. The van der Waals surface area contributed by atoms with Gasteiger partial charge in [0, 0.05) is 5.56 Å². The largest absolute Gasteiger partial charge is 0.496 e. The van der Waals surface area contributed by atoms with Gasteiger partial charge in [-0.1, -0.05) is 44.4 Å². The molecule has 0 heterocycles. The second-order valence-corrected chi connectivity index (χ2v) is 6.35. The van der Waals surface area contributed by atoms with Crippen LogP contribution in [0.15, 0.2) is 47.6 Å². The Kier molecular flexibility index (Phi) is 8.36. The first kappa shape index (κ1) is 20.5. The Morgan fingerprint density at radius 1 is 1.11 bits per heavy atom. The molecule has 5 nitrogen and oxygen atoms in total. The molecule has 0 aromatic heterocycles. The van der Waals surface area contributed by atoms with Crippen LogP contribution < -0.4 is 14.9 Å². The van der Waals surface area contributed by atoms with Gasteiger partial charge >= 0.3 is 0 Å². The first-order chi connectivity index (χ1) is 13.2. The lowest BCUT2D eigenvalue weighted by Gasteiger charge is -2.09. The first-order valence-corrected chi connectivity index (χ1v) is 9.35. The maximum absolute atomic E-state index is 12.3. The molecule has 0 fully saturated rings. The molecular weight excluding hydrogens is 340 g/mol. The minimum Gasteiger partial charge on any atom is -0.496 e. The number of hydrogen-bond donors (Lipinski definition) is 1. The maximum Gasteiger partial charge on any atom is 0.275 e. The number of ether oxygens (including phenoxy) is 2. The van der Waals surface area contributed by atoms with Crippen molar-refractivity contribution in [2.45, 2.75) is 39.5 Å². The second-order valence-electron chi connectivity index (χ2n) is 6.35. The van der Waals surface area contributed by atoms with Crippen LogP contribution >= 0.6 is 0 Å². The highest BCUT2D eigenvalue weighted by molar-refractivity contribution is 5.97. The molecule has 0 spiro atoms. The van der Waals surface area contributed by atoms with Crippen molar-refractivity contribution in [3.8, 4) is 11.5 Å². The minimum atomic E-state index is -0.318. The van der Waals surface area contributed by atoms with Gasteiger partial charge in [0.25, 0.3) is 5.91 Å². The predicted octanol–water partition coefficient (Wildman–Crippen LogP) is 4.73. The smallest absolute Gasteiger partial charge is 0.275 e. The van der Waals surface area contributed by atoms with Gasteiger partial charge in [-0.25, -0.2) is 5.43 Å². The highest BCUT2D eigenvalue weighted by Gasteiger charge is 2.11. The number of methoxy groups -OCH3 is 1. The van der Waals surface area contributed by atoms with Crippen LogP contribution in [-0.2, 0) is 0 Å². The number of para-hydroxylation sites is 1. The van der Waals surface area contributed by atoms with Gasteiger partial charge in [-0.3, -0.25) is 4.79 Å². The molecule has 2 aromatic rings. The monoisotopic (exact) mass is 368 g/mol. The van der Waals surface area contributed by atoms with Crippen molar-refractivity contribution < 1.29 is 14.3 Å². The Balaban J connectivity index is 1.97. The highest BCUT2D eigenvalue weighted by Crippen LogP contribution is 2.20. The molecule has 2 aromatic carbocycles. The van der Waals surface area contributed by atoms with E-state index in [4.69, 9.17) is 9.47 Å². The molecule has 0 atom stereocenters. The van der Waals surface area contributed by atoms with E-state index in [0.717, 1.165) is 23.3 Å². The number of amides is 1. The topological polar surface area (TPSA) is 59.9 Å². The van der Waals surface area contributed by atoms with Crippen molar-refractivity contribution in [2.24, 2.45) is 5.10 Å². The normalized spacial score (nSPS) is 10.8. The predicted molar refractivity (Wildman–Crippen MR) is 109 cm³/mol. The van der Waals surface area contributed by atoms with Gasteiger partial charge in [0.2, 0.25) is 0 Å². The van der Waals surface area contributed by atoms with E-state index >= 15 is 0 Å². The summed E-state index contributed by atoms with van der Waals surface area (Å²) in [5.74, 6) is 0.972. The molecule has 1 N–H and O–H groups in total. The lowest BCUT2D eigenvalue weighted by atomic mass is 10.1. The fourth-order valence-electron chi connectivity index (χ4n) is 2.64. The summed E-state index contributed by atoms with van der Waals surface area (Å²) in [4.78, 5) is 12.3. The summed E-state index contributed by atoms with van der Waals surface area (Å²) in [5.41, 5.74) is 4.84. The van der Waals surface area contributed by atoms with E-state index in [1.165, 1.54) is 19.3 Å². The minimum absolute atomic E-state index is 0.318. The Morgan fingerprint density at radius 3 is 2.70 bits per heavy atom. The lowest BCUT2D eigenvalue weighted by molar-refractivity contribution is 0.0952. The van der Waals surface area contributed by atoms with Crippen molar-refractivity contribution >= 4 is 12.1 Å².